The number of ether oxygens (including phenoxy) is 1. The molecule has 0 saturated carbocycles. The number of imide groups is 1. The summed E-state index contributed by atoms with van der Waals surface area (Å²) in [5, 5.41) is 0. The number of aryl methyl sites for hydroxylation is 1. The zero-order valence-electron chi connectivity index (χ0n) is 15.8. The lowest BCUT2D eigenvalue weighted by atomic mass is 10.1. The van der Waals surface area contributed by atoms with Crippen LogP contribution in [0.25, 0.3) is 0 Å². The van der Waals surface area contributed by atoms with Crippen LogP contribution in [-0.2, 0) is 6.42 Å². The Morgan fingerprint density at radius 2 is 1.78 bits per heavy atom. The Balaban J connectivity index is 1.33. The number of rotatable bonds is 6. The molecule has 2 aliphatic rings. The van der Waals surface area contributed by atoms with Crippen LogP contribution >= 0.6 is 0 Å². The van der Waals surface area contributed by atoms with Crippen molar-refractivity contribution in [1.82, 2.24) is 9.80 Å². The molecule has 1 aliphatic heterocycles. The highest BCUT2D eigenvalue weighted by Gasteiger charge is 2.34. The maximum atomic E-state index is 12.4. The summed E-state index contributed by atoms with van der Waals surface area (Å²) < 4.78 is 5.90. The molecule has 5 heteroatoms. The molecule has 1 atom stereocenters. The number of amides is 2. The predicted octanol–water partition coefficient (Wildman–Crippen LogP) is 3.30. The SMILES string of the molecule is CN(C)C1CCc2ccc(OCCCN3C(=O)c4ccccc4C3=O)cc21. The first-order chi connectivity index (χ1) is 13.1. The lowest BCUT2D eigenvalue weighted by molar-refractivity contribution is 0.0647. The van der Waals surface area contributed by atoms with Gasteiger partial charge in [0.25, 0.3) is 11.8 Å². The van der Waals surface area contributed by atoms with Gasteiger partial charge in [0.1, 0.15) is 5.75 Å². The summed E-state index contributed by atoms with van der Waals surface area (Å²) in [6, 6.07) is 13.7. The minimum Gasteiger partial charge on any atom is -0.494 e. The van der Waals surface area contributed by atoms with Crippen molar-refractivity contribution in [2.45, 2.75) is 25.3 Å². The second kappa shape index (κ2) is 7.16. The first-order valence-corrected chi connectivity index (χ1v) is 9.43. The molecular weight excluding hydrogens is 340 g/mol. The van der Waals surface area contributed by atoms with Crippen LogP contribution in [-0.4, -0.2) is 48.9 Å². The van der Waals surface area contributed by atoms with Gasteiger partial charge in [0.05, 0.1) is 17.7 Å². The van der Waals surface area contributed by atoms with Gasteiger partial charge in [-0.3, -0.25) is 14.5 Å². The number of nitrogens with zero attached hydrogens (tertiary/aromatic N) is 2. The summed E-state index contributed by atoms with van der Waals surface area (Å²) in [7, 11) is 4.21. The number of hydrogen-bond acceptors (Lipinski definition) is 4. The largest absolute Gasteiger partial charge is 0.494 e. The van der Waals surface area contributed by atoms with Crippen molar-refractivity contribution in [2.75, 3.05) is 27.2 Å². The molecule has 5 nitrogen and oxygen atoms in total. The third kappa shape index (κ3) is 3.23. The van der Waals surface area contributed by atoms with Gasteiger partial charge in [0.15, 0.2) is 0 Å². The Labute approximate surface area is 159 Å². The van der Waals surface area contributed by atoms with E-state index in [2.05, 4.69) is 31.1 Å². The Morgan fingerprint density at radius 1 is 1.07 bits per heavy atom. The van der Waals surface area contributed by atoms with E-state index in [0.29, 0.717) is 36.7 Å². The topological polar surface area (TPSA) is 49.9 Å². The molecule has 1 unspecified atom stereocenters. The number of fused-ring (bicyclic) bond motifs is 2. The molecule has 2 aromatic carbocycles. The molecule has 1 aliphatic carbocycles. The Bertz CT molecular complexity index is 856. The van der Waals surface area contributed by atoms with Crippen LogP contribution in [0.4, 0.5) is 0 Å². The van der Waals surface area contributed by atoms with Gasteiger partial charge in [0.2, 0.25) is 0 Å². The smallest absolute Gasteiger partial charge is 0.261 e. The molecule has 0 radical (unpaired) electrons. The molecule has 2 aromatic rings. The fraction of sp³-hybridized carbons (Fsp3) is 0.364. The lowest BCUT2D eigenvalue weighted by Gasteiger charge is -2.20. The van der Waals surface area contributed by atoms with E-state index in [1.807, 2.05) is 6.07 Å². The second-order valence-corrected chi connectivity index (χ2v) is 7.39. The average Bonchev–Trinajstić information content (AvgIpc) is 3.19. The molecule has 4 rings (SSSR count). The van der Waals surface area contributed by atoms with Gasteiger partial charge in [-0.25, -0.2) is 0 Å². The van der Waals surface area contributed by atoms with E-state index < -0.39 is 0 Å². The summed E-state index contributed by atoms with van der Waals surface area (Å²) in [4.78, 5) is 28.3. The monoisotopic (exact) mass is 364 g/mol. The van der Waals surface area contributed by atoms with E-state index in [0.717, 1.165) is 18.6 Å². The normalized spacial score (nSPS) is 18.2. The highest BCUT2D eigenvalue weighted by Crippen LogP contribution is 2.36. The van der Waals surface area contributed by atoms with Crippen LogP contribution in [0.3, 0.4) is 0 Å². The van der Waals surface area contributed by atoms with Crippen molar-refractivity contribution in [2.24, 2.45) is 0 Å². The molecular formula is C22H24N2O3. The minimum atomic E-state index is -0.207. The van der Waals surface area contributed by atoms with Gasteiger partial charge in [-0.05, 0) is 68.8 Å². The Morgan fingerprint density at radius 3 is 2.44 bits per heavy atom. The molecule has 2 amide bonds. The Hall–Kier alpha value is -2.66. The van der Waals surface area contributed by atoms with Crippen LogP contribution in [0.5, 0.6) is 5.75 Å². The van der Waals surface area contributed by atoms with E-state index in [9.17, 15) is 9.59 Å². The highest BCUT2D eigenvalue weighted by atomic mass is 16.5. The fourth-order valence-electron chi connectivity index (χ4n) is 4.04. The van der Waals surface area contributed by atoms with Crippen molar-refractivity contribution in [1.29, 1.82) is 0 Å². The third-order valence-corrected chi connectivity index (χ3v) is 5.46. The number of hydrogen-bond donors (Lipinski definition) is 0. The van der Waals surface area contributed by atoms with E-state index in [4.69, 9.17) is 4.74 Å². The standard InChI is InChI=1S/C22H24N2O3/c1-23(2)20-11-9-15-8-10-16(14-19(15)20)27-13-5-12-24-21(25)17-6-3-4-7-18(17)22(24)26/h3-4,6-8,10,14,20H,5,9,11-13H2,1-2H3. The summed E-state index contributed by atoms with van der Waals surface area (Å²) in [6.45, 7) is 0.844. The molecule has 0 N–H and O–H groups in total. The fourth-order valence-corrected chi connectivity index (χ4v) is 4.04. The van der Waals surface area contributed by atoms with Crippen molar-refractivity contribution >= 4 is 11.8 Å². The Kier molecular flexibility index (Phi) is 4.70. The van der Waals surface area contributed by atoms with Crippen LogP contribution in [0.1, 0.15) is 50.7 Å². The molecule has 0 spiro atoms. The van der Waals surface area contributed by atoms with Crippen LogP contribution in [0.2, 0.25) is 0 Å². The lowest BCUT2D eigenvalue weighted by Crippen LogP contribution is -2.31. The van der Waals surface area contributed by atoms with E-state index in [1.54, 1.807) is 24.3 Å². The van der Waals surface area contributed by atoms with Crippen LogP contribution in [0, 0.1) is 0 Å². The molecule has 0 aromatic heterocycles. The van der Waals surface area contributed by atoms with Crippen molar-refractivity contribution in [3.8, 4) is 5.75 Å². The first kappa shape index (κ1) is 17.7. The van der Waals surface area contributed by atoms with E-state index in [1.165, 1.54) is 16.0 Å². The zero-order valence-corrected chi connectivity index (χ0v) is 15.8. The van der Waals surface area contributed by atoms with Gasteiger partial charge in [-0.15, -0.1) is 0 Å². The summed E-state index contributed by atoms with van der Waals surface area (Å²) >= 11 is 0. The summed E-state index contributed by atoms with van der Waals surface area (Å²) in [5.74, 6) is 0.439. The van der Waals surface area contributed by atoms with Crippen LogP contribution < -0.4 is 4.74 Å². The highest BCUT2D eigenvalue weighted by molar-refractivity contribution is 6.21. The van der Waals surface area contributed by atoms with Crippen molar-refractivity contribution in [3.63, 3.8) is 0 Å². The molecule has 0 saturated heterocycles. The van der Waals surface area contributed by atoms with Gasteiger partial charge in [0, 0.05) is 12.6 Å². The summed E-state index contributed by atoms with van der Waals surface area (Å²) in [5.41, 5.74) is 3.73. The van der Waals surface area contributed by atoms with Crippen LogP contribution in [0.15, 0.2) is 42.5 Å². The maximum Gasteiger partial charge on any atom is 0.261 e. The van der Waals surface area contributed by atoms with Gasteiger partial charge in [-0.2, -0.15) is 0 Å². The van der Waals surface area contributed by atoms with E-state index >= 15 is 0 Å². The number of carbonyl (C=O) groups excluding carboxylic acids is 2. The summed E-state index contributed by atoms with van der Waals surface area (Å²) in [6.07, 6.45) is 2.86. The molecule has 0 fully saturated rings. The third-order valence-electron chi connectivity index (χ3n) is 5.46. The quantitative estimate of drug-likeness (QED) is 0.583. The maximum absolute atomic E-state index is 12.4. The minimum absolute atomic E-state index is 0.207. The van der Waals surface area contributed by atoms with Gasteiger partial charge >= 0.3 is 0 Å². The average molecular weight is 364 g/mol. The number of benzene rings is 2. The molecule has 1 heterocycles. The molecule has 0 bridgehead atoms. The molecule has 27 heavy (non-hydrogen) atoms. The second-order valence-electron chi connectivity index (χ2n) is 7.39. The van der Waals surface area contributed by atoms with Crippen molar-refractivity contribution in [3.05, 3.63) is 64.7 Å². The van der Waals surface area contributed by atoms with Gasteiger partial charge < -0.3 is 9.64 Å². The first-order valence-electron chi connectivity index (χ1n) is 9.43. The van der Waals surface area contributed by atoms with Crippen molar-refractivity contribution < 1.29 is 14.3 Å². The molecule has 140 valence electrons. The van der Waals surface area contributed by atoms with E-state index in [-0.39, 0.29) is 11.8 Å². The number of carbonyl (C=O) groups is 2. The zero-order chi connectivity index (χ0) is 19.0. The predicted molar refractivity (Wildman–Crippen MR) is 103 cm³/mol. The van der Waals surface area contributed by atoms with Gasteiger partial charge in [-0.1, -0.05) is 18.2 Å².